The van der Waals surface area contributed by atoms with Crippen molar-refractivity contribution in [2.24, 2.45) is 0 Å². The normalized spacial score (nSPS) is 10.7. The number of hydrogen-bond acceptors (Lipinski definition) is 2. The van der Waals surface area contributed by atoms with E-state index >= 15 is 0 Å². The lowest BCUT2D eigenvalue weighted by atomic mass is 10.1. The Morgan fingerprint density at radius 3 is 2.67 bits per heavy atom. The Morgan fingerprint density at radius 2 is 2.20 bits per heavy atom. The maximum absolute atomic E-state index is 13.1. The smallest absolute Gasteiger partial charge is 0.307 e. The molecule has 0 unspecified atom stereocenters. The number of nitrogens with zero attached hydrogens (tertiary/aromatic N) is 1. The van der Waals surface area contributed by atoms with Gasteiger partial charge in [0.2, 0.25) is 0 Å². The van der Waals surface area contributed by atoms with Gasteiger partial charge in [-0.2, -0.15) is 0 Å². The summed E-state index contributed by atoms with van der Waals surface area (Å²) in [4.78, 5) is 13.6. The molecular weight excluding hydrogens is 326 g/mol. The first-order valence-electron chi connectivity index (χ1n) is 3.76. The zero-order valence-electron chi connectivity index (χ0n) is 7.18. The van der Waals surface area contributed by atoms with Crippen molar-refractivity contribution in [2.75, 3.05) is 0 Å². The van der Waals surface area contributed by atoms with Crippen molar-refractivity contribution in [2.45, 2.75) is 12.8 Å². The summed E-state index contributed by atoms with van der Waals surface area (Å²) in [5.74, 6) is -2.16. The maximum atomic E-state index is 13.1. The van der Waals surface area contributed by atoms with E-state index in [0.29, 0.717) is 6.20 Å². The van der Waals surface area contributed by atoms with Gasteiger partial charge in [0.15, 0.2) is 0 Å². The quantitative estimate of drug-likeness (QED) is 0.866. The molecule has 0 aromatic carbocycles. The topological polar surface area (TPSA) is 50.2 Å². The zero-order chi connectivity index (χ0) is 11.6. The summed E-state index contributed by atoms with van der Waals surface area (Å²) in [7, 11) is 0. The fourth-order valence-corrected chi connectivity index (χ4v) is 1.81. The van der Waals surface area contributed by atoms with Gasteiger partial charge in [-0.05, 0) is 22.6 Å². The van der Waals surface area contributed by atoms with Crippen LogP contribution in [0.3, 0.4) is 0 Å². The predicted molar refractivity (Wildman–Crippen MR) is 53.2 cm³/mol. The van der Waals surface area contributed by atoms with Crippen molar-refractivity contribution in [1.82, 2.24) is 4.98 Å². The standard InChI is InChI=1S/C8H5F3INO2/c9-4-2-13-7(8(10)11)6(12)3(4)1-5(14)15/h2,8H,1H2,(H,14,15). The first kappa shape index (κ1) is 12.2. The van der Waals surface area contributed by atoms with E-state index in [0.717, 1.165) is 0 Å². The second-order valence-electron chi connectivity index (χ2n) is 2.66. The Bertz CT molecular complexity index is 398. The van der Waals surface area contributed by atoms with E-state index < -0.39 is 30.3 Å². The van der Waals surface area contributed by atoms with Gasteiger partial charge in [0.05, 0.1) is 12.6 Å². The molecule has 0 bridgehead atoms. The number of pyridine rings is 1. The molecular formula is C8H5F3INO2. The van der Waals surface area contributed by atoms with E-state index in [1.54, 1.807) is 0 Å². The van der Waals surface area contributed by atoms with Crippen LogP contribution >= 0.6 is 22.6 Å². The van der Waals surface area contributed by atoms with Gasteiger partial charge in [-0.1, -0.05) is 0 Å². The average molecular weight is 331 g/mol. The van der Waals surface area contributed by atoms with Gasteiger partial charge in [-0.15, -0.1) is 0 Å². The third-order valence-corrected chi connectivity index (χ3v) is 2.83. The molecule has 82 valence electrons. The van der Waals surface area contributed by atoms with Crippen molar-refractivity contribution in [3.05, 3.63) is 26.8 Å². The molecule has 0 atom stereocenters. The third kappa shape index (κ3) is 2.80. The number of carboxylic acid groups (broad SMARTS) is 1. The summed E-state index contributed by atoms with van der Waals surface area (Å²) >= 11 is 1.47. The Hall–Kier alpha value is -0.860. The summed E-state index contributed by atoms with van der Waals surface area (Å²) in [5, 5.41) is 8.47. The molecule has 1 aromatic heterocycles. The first-order chi connectivity index (χ1) is 6.93. The number of halogens is 4. The highest BCUT2D eigenvalue weighted by atomic mass is 127. The molecule has 1 rings (SSSR count). The van der Waals surface area contributed by atoms with Crippen LogP contribution in [-0.4, -0.2) is 16.1 Å². The van der Waals surface area contributed by atoms with Gasteiger partial charge in [-0.25, -0.2) is 13.2 Å². The minimum absolute atomic E-state index is 0.134. The summed E-state index contributed by atoms with van der Waals surface area (Å²) in [6.45, 7) is 0. The predicted octanol–water partition coefficient (Wildman–Crippen LogP) is 2.39. The molecule has 1 aromatic rings. The minimum atomic E-state index is -2.84. The van der Waals surface area contributed by atoms with Gasteiger partial charge >= 0.3 is 5.97 Å². The molecule has 0 aliphatic heterocycles. The number of hydrogen-bond donors (Lipinski definition) is 1. The second-order valence-corrected chi connectivity index (χ2v) is 3.73. The highest BCUT2D eigenvalue weighted by Crippen LogP contribution is 2.26. The largest absolute Gasteiger partial charge is 0.481 e. The Morgan fingerprint density at radius 1 is 1.60 bits per heavy atom. The van der Waals surface area contributed by atoms with Crippen LogP contribution in [0.15, 0.2) is 6.20 Å². The number of rotatable bonds is 3. The SMILES string of the molecule is O=C(O)Cc1c(F)cnc(C(F)F)c1I. The van der Waals surface area contributed by atoms with Crippen molar-refractivity contribution in [1.29, 1.82) is 0 Å². The number of aliphatic carboxylic acids is 1. The van der Waals surface area contributed by atoms with Crippen LogP contribution in [0.4, 0.5) is 13.2 Å². The Labute approximate surface area is 96.5 Å². The van der Waals surface area contributed by atoms with E-state index in [9.17, 15) is 18.0 Å². The van der Waals surface area contributed by atoms with E-state index in [4.69, 9.17) is 5.11 Å². The molecule has 0 spiro atoms. The van der Waals surface area contributed by atoms with Gasteiger partial charge in [-0.3, -0.25) is 9.78 Å². The third-order valence-electron chi connectivity index (χ3n) is 1.63. The zero-order valence-corrected chi connectivity index (χ0v) is 9.33. The summed E-state index contributed by atoms with van der Waals surface area (Å²) in [6.07, 6.45) is -2.86. The van der Waals surface area contributed by atoms with E-state index in [1.807, 2.05) is 0 Å². The van der Waals surface area contributed by atoms with Gasteiger partial charge < -0.3 is 5.11 Å². The molecule has 1 N–H and O–H groups in total. The van der Waals surface area contributed by atoms with Crippen LogP contribution in [0.1, 0.15) is 17.7 Å². The molecule has 0 radical (unpaired) electrons. The summed E-state index contributed by atoms with van der Waals surface area (Å²) < 4.78 is 37.6. The molecule has 0 aliphatic rings. The molecule has 0 saturated carbocycles. The van der Waals surface area contributed by atoms with E-state index in [2.05, 4.69) is 4.98 Å². The molecule has 1 heterocycles. The molecule has 7 heteroatoms. The molecule has 0 amide bonds. The van der Waals surface area contributed by atoms with Crippen molar-refractivity contribution < 1.29 is 23.1 Å². The van der Waals surface area contributed by atoms with Crippen molar-refractivity contribution in [3.63, 3.8) is 0 Å². The van der Waals surface area contributed by atoms with Gasteiger partial charge in [0.25, 0.3) is 6.43 Å². The van der Waals surface area contributed by atoms with Crippen molar-refractivity contribution in [3.8, 4) is 0 Å². The van der Waals surface area contributed by atoms with Gasteiger partial charge in [0.1, 0.15) is 11.5 Å². The number of alkyl halides is 2. The second kappa shape index (κ2) is 4.77. The lowest BCUT2D eigenvalue weighted by molar-refractivity contribution is -0.136. The first-order valence-corrected chi connectivity index (χ1v) is 4.84. The molecule has 0 aliphatic carbocycles. The van der Waals surface area contributed by atoms with Crippen LogP contribution < -0.4 is 0 Å². The lowest BCUT2D eigenvalue weighted by Gasteiger charge is -2.07. The Balaban J connectivity index is 3.23. The monoisotopic (exact) mass is 331 g/mol. The molecule has 15 heavy (non-hydrogen) atoms. The van der Waals surface area contributed by atoms with Crippen LogP contribution in [-0.2, 0) is 11.2 Å². The van der Waals surface area contributed by atoms with E-state index in [-0.39, 0.29) is 9.13 Å². The highest BCUT2D eigenvalue weighted by Gasteiger charge is 2.20. The highest BCUT2D eigenvalue weighted by molar-refractivity contribution is 14.1. The fraction of sp³-hybridized carbons (Fsp3) is 0.250. The molecule has 0 fully saturated rings. The van der Waals surface area contributed by atoms with Crippen LogP contribution in [0.2, 0.25) is 0 Å². The van der Waals surface area contributed by atoms with Crippen LogP contribution in [0, 0.1) is 9.39 Å². The molecule has 0 saturated heterocycles. The summed E-state index contributed by atoms with van der Waals surface area (Å²) in [6, 6.07) is 0. The van der Waals surface area contributed by atoms with Crippen LogP contribution in [0.25, 0.3) is 0 Å². The summed E-state index contributed by atoms with van der Waals surface area (Å²) in [5.41, 5.74) is -0.846. The maximum Gasteiger partial charge on any atom is 0.307 e. The van der Waals surface area contributed by atoms with E-state index in [1.165, 1.54) is 22.6 Å². The number of aromatic nitrogens is 1. The number of carboxylic acids is 1. The Kier molecular flexibility index (Phi) is 3.89. The number of carbonyl (C=O) groups is 1. The molecule has 3 nitrogen and oxygen atoms in total. The minimum Gasteiger partial charge on any atom is -0.481 e. The van der Waals surface area contributed by atoms with Crippen molar-refractivity contribution >= 4 is 28.6 Å². The lowest BCUT2D eigenvalue weighted by Crippen LogP contribution is -2.08. The fourth-order valence-electron chi connectivity index (χ4n) is 0.986. The van der Waals surface area contributed by atoms with Crippen LogP contribution in [0.5, 0.6) is 0 Å². The average Bonchev–Trinajstić information content (AvgIpc) is 2.11. The van der Waals surface area contributed by atoms with Gasteiger partial charge in [0, 0.05) is 9.13 Å².